The largest absolute Gasteiger partial charge is 0.494 e. The van der Waals surface area contributed by atoms with Crippen molar-refractivity contribution in [2.24, 2.45) is 5.10 Å². The highest BCUT2D eigenvalue weighted by Crippen LogP contribution is 2.33. The molecule has 0 radical (unpaired) electrons. The van der Waals surface area contributed by atoms with Crippen molar-refractivity contribution < 1.29 is 9.53 Å². The SMILES string of the molecule is COc1c(Cl)cc(/C=N/NC(=O)CSc2n[nH]c(=O)[nH]c2=O)cc1Cl. The van der Waals surface area contributed by atoms with Crippen LogP contribution in [0.1, 0.15) is 5.56 Å². The Kier molecular flexibility index (Phi) is 6.62. The highest BCUT2D eigenvalue weighted by atomic mass is 35.5. The number of carbonyl (C=O) groups excluding carboxylic acids is 1. The van der Waals surface area contributed by atoms with Gasteiger partial charge in [0.1, 0.15) is 0 Å². The van der Waals surface area contributed by atoms with E-state index in [4.69, 9.17) is 27.9 Å². The zero-order chi connectivity index (χ0) is 18.4. The number of nitrogens with zero attached hydrogens (tertiary/aromatic N) is 2. The summed E-state index contributed by atoms with van der Waals surface area (Å²) in [5, 5.41) is 9.95. The molecule has 0 spiro atoms. The number of thioether (sulfide) groups is 1. The average molecular weight is 404 g/mol. The van der Waals surface area contributed by atoms with E-state index in [2.05, 4.69) is 20.7 Å². The first-order valence-electron chi connectivity index (χ1n) is 6.57. The predicted molar refractivity (Wildman–Crippen MR) is 95.0 cm³/mol. The number of aromatic amines is 2. The normalized spacial score (nSPS) is 10.8. The van der Waals surface area contributed by atoms with Gasteiger partial charge >= 0.3 is 5.69 Å². The van der Waals surface area contributed by atoms with E-state index in [-0.39, 0.29) is 10.8 Å². The summed E-state index contributed by atoms with van der Waals surface area (Å²) in [7, 11) is 1.45. The molecule has 2 rings (SSSR count). The predicted octanol–water partition coefficient (Wildman–Crippen LogP) is 1.02. The van der Waals surface area contributed by atoms with Crippen LogP contribution in [0.15, 0.2) is 31.8 Å². The molecule has 1 aromatic heterocycles. The van der Waals surface area contributed by atoms with E-state index in [1.807, 2.05) is 4.98 Å². The molecule has 0 aliphatic carbocycles. The number of H-pyrrole nitrogens is 2. The van der Waals surface area contributed by atoms with Gasteiger partial charge in [-0.3, -0.25) is 14.6 Å². The van der Waals surface area contributed by atoms with E-state index >= 15 is 0 Å². The minimum Gasteiger partial charge on any atom is -0.494 e. The van der Waals surface area contributed by atoms with Crippen molar-refractivity contribution in [3.63, 3.8) is 0 Å². The van der Waals surface area contributed by atoms with Crippen LogP contribution >= 0.6 is 35.0 Å². The Morgan fingerprint density at radius 2 is 2.08 bits per heavy atom. The van der Waals surface area contributed by atoms with Gasteiger partial charge in [-0.25, -0.2) is 15.3 Å². The maximum Gasteiger partial charge on any atom is 0.342 e. The average Bonchev–Trinajstić information content (AvgIpc) is 2.54. The summed E-state index contributed by atoms with van der Waals surface area (Å²) in [6.07, 6.45) is 1.35. The van der Waals surface area contributed by atoms with Crippen molar-refractivity contribution in [3.8, 4) is 5.75 Å². The smallest absolute Gasteiger partial charge is 0.342 e. The molecule has 12 heteroatoms. The Morgan fingerprint density at radius 3 is 2.68 bits per heavy atom. The van der Waals surface area contributed by atoms with Gasteiger partial charge in [-0.1, -0.05) is 35.0 Å². The molecular weight excluding hydrogens is 393 g/mol. The van der Waals surface area contributed by atoms with Crippen molar-refractivity contribution in [3.05, 3.63) is 48.6 Å². The third-order valence-corrected chi connectivity index (χ3v) is 4.17. The van der Waals surface area contributed by atoms with E-state index in [1.54, 1.807) is 12.1 Å². The number of nitrogens with one attached hydrogen (secondary N) is 3. The Bertz CT molecular complexity index is 904. The van der Waals surface area contributed by atoms with Gasteiger partial charge < -0.3 is 4.74 Å². The molecule has 132 valence electrons. The zero-order valence-corrected chi connectivity index (χ0v) is 15.0. The number of aromatic nitrogens is 3. The van der Waals surface area contributed by atoms with Crippen LogP contribution in [0.3, 0.4) is 0 Å². The van der Waals surface area contributed by atoms with Crippen molar-refractivity contribution in [1.82, 2.24) is 20.6 Å². The van der Waals surface area contributed by atoms with Crippen LogP contribution in [-0.4, -0.2) is 40.2 Å². The van der Waals surface area contributed by atoms with Crippen molar-refractivity contribution in [1.29, 1.82) is 0 Å². The first-order chi connectivity index (χ1) is 11.9. The van der Waals surface area contributed by atoms with Gasteiger partial charge in [-0.2, -0.15) is 10.2 Å². The monoisotopic (exact) mass is 403 g/mol. The quantitative estimate of drug-likeness (QED) is 0.375. The molecule has 0 fully saturated rings. The third kappa shape index (κ3) is 5.34. The summed E-state index contributed by atoms with van der Waals surface area (Å²) in [6.45, 7) is 0. The lowest BCUT2D eigenvalue weighted by Gasteiger charge is -2.06. The molecule has 0 saturated heterocycles. The maximum absolute atomic E-state index is 11.7. The lowest BCUT2D eigenvalue weighted by atomic mass is 10.2. The van der Waals surface area contributed by atoms with Crippen molar-refractivity contribution in [2.45, 2.75) is 5.03 Å². The molecule has 1 heterocycles. The molecule has 0 saturated carbocycles. The highest BCUT2D eigenvalue weighted by Gasteiger charge is 2.09. The number of halogens is 2. The minimum atomic E-state index is -0.722. The molecular formula is C13H11Cl2N5O4S. The summed E-state index contributed by atoms with van der Waals surface area (Å²) in [4.78, 5) is 35.9. The third-order valence-electron chi connectivity index (χ3n) is 2.65. The second kappa shape index (κ2) is 8.70. The molecule has 0 unspecified atom stereocenters. The fraction of sp³-hybridized carbons (Fsp3) is 0.154. The van der Waals surface area contributed by atoms with E-state index in [9.17, 15) is 14.4 Å². The number of benzene rings is 1. The number of amides is 1. The van der Waals surface area contributed by atoms with Gasteiger partial charge in [0.15, 0.2) is 10.8 Å². The van der Waals surface area contributed by atoms with Gasteiger partial charge in [0, 0.05) is 0 Å². The Morgan fingerprint density at radius 1 is 1.40 bits per heavy atom. The molecule has 1 aromatic carbocycles. The molecule has 9 nitrogen and oxygen atoms in total. The van der Waals surface area contributed by atoms with Crippen LogP contribution in [0.4, 0.5) is 0 Å². The summed E-state index contributed by atoms with van der Waals surface area (Å²) in [5.74, 6) is -0.247. The first-order valence-corrected chi connectivity index (χ1v) is 8.31. The Balaban J connectivity index is 1.92. The van der Waals surface area contributed by atoms with Crippen LogP contribution < -0.4 is 21.4 Å². The Hall–Kier alpha value is -2.30. The van der Waals surface area contributed by atoms with Gasteiger partial charge in [-0.05, 0) is 17.7 Å². The van der Waals surface area contributed by atoms with Crippen LogP contribution in [0.5, 0.6) is 5.75 Å². The zero-order valence-electron chi connectivity index (χ0n) is 12.6. The second-order valence-corrected chi connectivity index (χ2v) is 6.19. The molecule has 0 aliphatic rings. The molecule has 3 N–H and O–H groups in total. The van der Waals surface area contributed by atoms with E-state index in [1.165, 1.54) is 13.3 Å². The van der Waals surface area contributed by atoms with Gasteiger partial charge in [0.2, 0.25) is 5.91 Å². The van der Waals surface area contributed by atoms with Gasteiger partial charge in [-0.15, -0.1) is 0 Å². The lowest BCUT2D eigenvalue weighted by Crippen LogP contribution is -2.26. The fourth-order valence-corrected chi connectivity index (χ4v) is 2.91. The maximum atomic E-state index is 11.7. The molecule has 1 amide bonds. The summed E-state index contributed by atoms with van der Waals surface area (Å²) in [6, 6.07) is 3.14. The molecule has 0 aliphatic heterocycles. The van der Waals surface area contributed by atoms with Crippen molar-refractivity contribution in [2.75, 3.05) is 12.9 Å². The van der Waals surface area contributed by atoms with Crippen LogP contribution in [-0.2, 0) is 4.79 Å². The van der Waals surface area contributed by atoms with Gasteiger partial charge in [0.05, 0.1) is 29.1 Å². The van der Waals surface area contributed by atoms with E-state index < -0.39 is 17.2 Å². The van der Waals surface area contributed by atoms with E-state index in [0.29, 0.717) is 21.4 Å². The van der Waals surface area contributed by atoms with E-state index in [0.717, 1.165) is 11.8 Å². The molecule has 0 atom stereocenters. The number of hydrogen-bond acceptors (Lipinski definition) is 7. The number of methoxy groups -OCH3 is 1. The van der Waals surface area contributed by atoms with Crippen LogP contribution in [0, 0.1) is 0 Å². The van der Waals surface area contributed by atoms with Crippen molar-refractivity contribution >= 4 is 47.1 Å². The number of hydrazone groups is 1. The molecule has 25 heavy (non-hydrogen) atoms. The second-order valence-electron chi connectivity index (χ2n) is 4.41. The standard InChI is InChI=1S/C13H11Cl2N5O4S/c1-24-10-7(14)2-6(3-8(10)15)4-16-18-9(21)5-25-12-11(22)17-13(23)20-19-12/h2-4H,5H2,1H3,(H,18,21)(H2,17,20,22,23)/b16-4+. The Labute approximate surface area is 154 Å². The number of hydrogen-bond donors (Lipinski definition) is 3. The topological polar surface area (TPSA) is 129 Å². The molecule has 2 aromatic rings. The molecule has 0 bridgehead atoms. The fourth-order valence-electron chi connectivity index (χ4n) is 1.63. The minimum absolute atomic E-state index is 0.0348. The number of rotatable bonds is 6. The van der Waals surface area contributed by atoms with Gasteiger partial charge in [0.25, 0.3) is 5.56 Å². The van der Waals surface area contributed by atoms with Crippen LogP contribution in [0.25, 0.3) is 0 Å². The summed E-state index contributed by atoms with van der Waals surface area (Å²) in [5.41, 5.74) is 1.44. The number of carbonyl (C=O) groups is 1. The number of ether oxygens (including phenoxy) is 1. The lowest BCUT2D eigenvalue weighted by molar-refractivity contribution is -0.118. The summed E-state index contributed by atoms with van der Waals surface area (Å²) < 4.78 is 5.03. The highest BCUT2D eigenvalue weighted by molar-refractivity contribution is 7.99. The van der Waals surface area contributed by atoms with Crippen LogP contribution in [0.2, 0.25) is 10.0 Å². The first kappa shape index (κ1) is 19.0. The summed E-state index contributed by atoms with van der Waals surface area (Å²) >= 11 is 12.8.